The lowest BCUT2D eigenvalue weighted by Gasteiger charge is -2.29. The van der Waals surface area contributed by atoms with Gasteiger partial charge in [0.25, 0.3) is 15.9 Å². The average molecular weight is 371 g/mol. The van der Waals surface area contributed by atoms with Crippen LogP contribution in [0.1, 0.15) is 24.0 Å². The first-order valence-corrected chi connectivity index (χ1v) is 10.4. The Morgan fingerprint density at radius 3 is 2.65 bits per heavy atom. The summed E-state index contributed by atoms with van der Waals surface area (Å²) in [4.78, 5) is 16.7. The molecule has 0 N–H and O–H groups in total. The van der Waals surface area contributed by atoms with E-state index in [-0.39, 0.29) is 17.7 Å². The molecule has 6 nitrogen and oxygen atoms in total. The maximum absolute atomic E-state index is 13.1. The Kier molecular flexibility index (Phi) is 4.19. The van der Waals surface area contributed by atoms with E-state index >= 15 is 0 Å². The fourth-order valence-corrected chi connectivity index (χ4v) is 4.11. The average Bonchev–Trinajstić information content (AvgIpc) is 3.44. The lowest BCUT2D eigenvalue weighted by Crippen LogP contribution is -2.39. The predicted octanol–water partition coefficient (Wildman–Crippen LogP) is 1.98. The molecule has 136 valence electrons. The van der Waals surface area contributed by atoms with Crippen LogP contribution in [0.25, 0.3) is 0 Å². The second-order valence-electron chi connectivity index (χ2n) is 7.00. The number of aryl methyl sites for hydroxylation is 1. The van der Waals surface area contributed by atoms with E-state index in [1.807, 2.05) is 11.8 Å². The van der Waals surface area contributed by atoms with E-state index in [2.05, 4.69) is 28.7 Å². The summed E-state index contributed by atoms with van der Waals surface area (Å²) < 4.78 is 27.0. The minimum atomic E-state index is -3.38. The first-order valence-electron chi connectivity index (χ1n) is 8.77. The SMILES string of the molecule is Cc1ccc(CN(C(=O)C2=CN3CCS(=O)(=O)N=C3C=C2)C2CC2)cc1. The van der Waals surface area contributed by atoms with Crippen molar-refractivity contribution >= 4 is 21.8 Å². The highest BCUT2D eigenvalue weighted by Gasteiger charge is 2.34. The van der Waals surface area contributed by atoms with Gasteiger partial charge in [-0.15, -0.1) is 4.40 Å². The quantitative estimate of drug-likeness (QED) is 0.812. The van der Waals surface area contributed by atoms with Gasteiger partial charge in [-0.3, -0.25) is 4.79 Å². The second kappa shape index (κ2) is 6.39. The maximum Gasteiger partial charge on any atom is 0.256 e. The molecule has 1 aliphatic carbocycles. The Balaban J connectivity index is 1.55. The molecule has 7 heteroatoms. The first kappa shape index (κ1) is 17.0. The number of nitrogens with zero attached hydrogens (tertiary/aromatic N) is 3. The number of hydrogen-bond donors (Lipinski definition) is 0. The van der Waals surface area contributed by atoms with E-state index in [0.29, 0.717) is 24.5 Å². The van der Waals surface area contributed by atoms with Crippen LogP contribution in [0.2, 0.25) is 0 Å². The number of carbonyl (C=O) groups is 1. The molecule has 0 aromatic heterocycles. The molecule has 0 unspecified atom stereocenters. The van der Waals surface area contributed by atoms with Gasteiger partial charge >= 0.3 is 0 Å². The van der Waals surface area contributed by atoms with Crippen molar-refractivity contribution in [2.24, 2.45) is 4.40 Å². The van der Waals surface area contributed by atoms with Crippen molar-refractivity contribution in [1.82, 2.24) is 9.80 Å². The highest BCUT2D eigenvalue weighted by atomic mass is 32.2. The molecule has 0 bridgehead atoms. The van der Waals surface area contributed by atoms with E-state index in [1.165, 1.54) is 5.56 Å². The van der Waals surface area contributed by atoms with Gasteiger partial charge in [0.05, 0.1) is 11.3 Å². The predicted molar refractivity (Wildman–Crippen MR) is 99.9 cm³/mol. The molecule has 26 heavy (non-hydrogen) atoms. The van der Waals surface area contributed by atoms with Crippen LogP contribution >= 0.6 is 0 Å². The van der Waals surface area contributed by atoms with Gasteiger partial charge in [0.1, 0.15) is 5.84 Å². The molecule has 0 radical (unpaired) electrons. The normalized spacial score (nSPS) is 20.9. The highest BCUT2D eigenvalue weighted by molar-refractivity contribution is 7.90. The van der Waals surface area contributed by atoms with Gasteiger partial charge in [-0.2, -0.15) is 0 Å². The molecule has 2 aliphatic heterocycles. The zero-order valence-corrected chi connectivity index (χ0v) is 15.4. The number of amides is 1. The van der Waals surface area contributed by atoms with Gasteiger partial charge in [-0.05, 0) is 37.5 Å². The molecule has 1 aromatic rings. The molecular weight excluding hydrogens is 350 g/mol. The van der Waals surface area contributed by atoms with Crippen LogP contribution in [0.3, 0.4) is 0 Å². The minimum Gasteiger partial charge on any atom is -0.331 e. The van der Waals surface area contributed by atoms with Crippen molar-refractivity contribution in [3.63, 3.8) is 0 Å². The van der Waals surface area contributed by atoms with Gasteiger partial charge < -0.3 is 9.80 Å². The van der Waals surface area contributed by atoms with Crippen LogP contribution in [0.5, 0.6) is 0 Å². The molecular formula is C19H21N3O3S. The standard InChI is InChI=1S/C19H21N3O3S/c1-14-2-4-15(5-3-14)12-22(17-7-8-17)19(23)16-6-9-18-20-26(24,25)11-10-21(18)13-16/h2-6,9,13,17H,7-8,10-12H2,1H3. The smallest absolute Gasteiger partial charge is 0.256 e. The Bertz CT molecular complexity index is 925. The Hall–Kier alpha value is -2.41. The fraction of sp³-hybridized carbons (Fsp3) is 0.368. The minimum absolute atomic E-state index is 0.0168. The van der Waals surface area contributed by atoms with Gasteiger partial charge in [0.15, 0.2) is 0 Å². The van der Waals surface area contributed by atoms with E-state index in [9.17, 15) is 13.2 Å². The van der Waals surface area contributed by atoms with Crippen LogP contribution in [-0.2, 0) is 21.4 Å². The summed E-state index contributed by atoms with van der Waals surface area (Å²) in [5.74, 6) is 0.332. The van der Waals surface area contributed by atoms with Crippen LogP contribution in [0.4, 0.5) is 0 Å². The zero-order valence-electron chi connectivity index (χ0n) is 14.6. The Labute approximate surface area is 153 Å². The van der Waals surface area contributed by atoms with Crippen molar-refractivity contribution in [3.05, 3.63) is 59.3 Å². The number of hydrogen-bond acceptors (Lipinski definition) is 4. The second-order valence-corrected chi connectivity index (χ2v) is 8.75. The van der Waals surface area contributed by atoms with Crippen molar-refractivity contribution in [2.45, 2.75) is 32.4 Å². The maximum atomic E-state index is 13.1. The number of benzene rings is 1. The van der Waals surface area contributed by atoms with Gasteiger partial charge in [-0.25, -0.2) is 8.42 Å². The molecule has 2 heterocycles. The number of fused-ring (bicyclic) bond motifs is 1. The third-order valence-corrected chi connectivity index (χ3v) is 5.96. The van der Waals surface area contributed by atoms with Crippen LogP contribution < -0.4 is 0 Å². The Morgan fingerprint density at radius 2 is 1.96 bits per heavy atom. The van der Waals surface area contributed by atoms with Crippen molar-refractivity contribution in [2.75, 3.05) is 12.3 Å². The van der Waals surface area contributed by atoms with Gasteiger partial charge in [-0.1, -0.05) is 29.8 Å². The summed E-state index contributed by atoms with van der Waals surface area (Å²) in [6.45, 7) is 2.96. The summed E-state index contributed by atoms with van der Waals surface area (Å²) in [5, 5.41) is 0. The molecule has 0 atom stereocenters. The van der Waals surface area contributed by atoms with Crippen LogP contribution in [0, 0.1) is 6.92 Å². The van der Waals surface area contributed by atoms with Crippen molar-refractivity contribution in [3.8, 4) is 0 Å². The number of sulfonamides is 1. The molecule has 1 fully saturated rings. The Morgan fingerprint density at radius 1 is 1.23 bits per heavy atom. The highest BCUT2D eigenvalue weighted by Crippen LogP contribution is 2.30. The summed E-state index contributed by atoms with van der Waals surface area (Å²) in [7, 11) is -3.38. The number of rotatable bonds is 4. The van der Waals surface area contributed by atoms with Crippen LogP contribution in [0.15, 0.2) is 52.6 Å². The molecule has 1 saturated carbocycles. The van der Waals surface area contributed by atoms with E-state index in [0.717, 1.165) is 18.4 Å². The third kappa shape index (κ3) is 3.58. The van der Waals surface area contributed by atoms with Crippen molar-refractivity contribution in [1.29, 1.82) is 0 Å². The summed E-state index contributed by atoms with van der Waals surface area (Å²) in [6.07, 6.45) is 7.07. The van der Waals surface area contributed by atoms with Crippen molar-refractivity contribution < 1.29 is 13.2 Å². The zero-order chi connectivity index (χ0) is 18.3. The fourth-order valence-electron chi connectivity index (χ4n) is 3.14. The topological polar surface area (TPSA) is 70.1 Å². The molecule has 0 saturated heterocycles. The van der Waals surface area contributed by atoms with E-state index in [4.69, 9.17) is 0 Å². The van der Waals surface area contributed by atoms with Gasteiger partial charge in [0, 0.05) is 25.3 Å². The molecule has 1 amide bonds. The molecule has 3 aliphatic rings. The third-order valence-electron chi connectivity index (χ3n) is 4.79. The van der Waals surface area contributed by atoms with E-state index in [1.54, 1.807) is 23.3 Å². The van der Waals surface area contributed by atoms with E-state index < -0.39 is 10.0 Å². The first-order chi connectivity index (χ1) is 12.4. The molecule has 4 rings (SSSR count). The summed E-state index contributed by atoms with van der Waals surface area (Å²) in [5.41, 5.74) is 2.88. The molecule has 1 aromatic carbocycles. The summed E-state index contributed by atoms with van der Waals surface area (Å²) in [6, 6.07) is 8.52. The number of carbonyl (C=O) groups excluding carboxylic acids is 1. The van der Waals surface area contributed by atoms with Crippen LogP contribution in [-0.4, -0.2) is 48.3 Å². The summed E-state index contributed by atoms with van der Waals surface area (Å²) >= 11 is 0. The lowest BCUT2D eigenvalue weighted by molar-refractivity contribution is -0.128. The monoisotopic (exact) mass is 371 g/mol. The number of amidine groups is 1. The largest absolute Gasteiger partial charge is 0.331 e. The lowest BCUT2D eigenvalue weighted by atomic mass is 10.1. The molecule has 0 spiro atoms. The van der Waals surface area contributed by atoms with Gasteiger partial charge in [0.2, 0.25) is 0 Å².